The van der Waals surface area contributed by atoms with Gasteiger partial charge >= 0.3 is 0 Å². The minimum absolute atomic E-state index is 0.247. The Hall–Kier alpha value is -1.59. The molecule has 1 amide bonds. The van der Waals surface area contributed by atoms with Gasteiger partial charge in [-0.2, -0.15) is 0 Å². The summed E-state index contributed by atoms with van der Waals surface area (Å²) >= 11 is 7.55. The van der Waals surface area contributed by atoms with Gasteiger partial charge in [-0.3, -0.25) is 10.1 Å². The van der Waals surface area contributed by atoms with Crippen molar-refractivity contribution in [3.05, 3.63) is 39.4 Å². The molecule has 0 unspecified atom stereocenters. The fourth-order valence-electron chi connectivity index (χ4n) is 2.60. The van der Waals surface area contributed by atoms with Crippen LogP contribution in [0.2, 0.25) is 5.02 Å². The average molecular weight is 337 g/mol. The Morgan fingerprint density at radius 2 is 2.14 bits per heavy atom. The summed E-state index contributed by atoms with van der Waals surface area (Å²) in [7, 11) is 1.53. The van der Waals surface area contributed by atoms with E-state index in [4.69, 9.17) is 16.3 Å². The van der Waals surface area contributed by atoms with Crippen molar-refractivity contribution >= 4 is 34.0 Å². The lowest BCUT2D eigenvalue weighted by molar-refractivity contribution is 0.102. The lowest BCUT2D eigenvalue weighted by Gasteiger charge is -2.08. The quantitative estimate of drug-likeness (QED) is 0.849. The number of nitrogens with one attached hydrogen (secondary N) is 1. The average Bonchev–Trinajstić information content (AvgIpc) is 2.75. The lowest BCUT2D eigenvalue weighted by atomic mass is 10.2. The molecule has 1 aromatic heterocycles. The molecule has 1 aromatic carbocycles. The van der Waals surface area contributed by atoms with E-state index in [9.17, 15) is 4.79 Å². The zero-order valence-corrected chi connectivity index (χ0v) is 13.9. The van der Waals surface area contributed by atoms with Gasteiger partial charge in [-0.15, -0.1) is 11.3 Å². The lowest BCUT2D eigenvalue weighted by Crippen LogP contribution is -2.13. The zero-order chi connectivity index (χ0) is 15.5. The Balaban J connectivity index is 1.81. The first-order valence-corrected chi connectivity index (χ1v) is 8.50. The Kier molecular flexibility index (Phi) is 4.64. The maximum Gasteiger partial charge on any atom is 0.261 e. The molecule has 6 heteroatoms. The van der Waals surface area contributed by atoms with Crippen LogP contribution >= 0.6 is 22.9 Å². The van der Waals surface area contributed by atoms with Gasteiger partial charge in [-0.05, 0) is 43.9 Å². The SMILES string of the molecule is COc1ccc(Cl)cc1C(=O)Nc1nc2c(s1)CCCCC2. The molecule has 1 aliphatic carbocycles. The van der Waals surface area contributed by atoms with Gasteiger partial charge in [0.2, 0.25) is 0 Å². The van der Waals surface area contributed by atoms with Crippen LogP contribution in [0.15, 0.2) is 18.2 Å². The Bertz CT molecular complexity index is 676. The molecule has 0 fully saturated rings. The normalized spacial score (nSPS) is 14.1. The number of nitrogens with zero attached hydrogens (tertiary/aromatic N) is 1. The molecule has 4 nitrogen and oxygen atoms in total. The predicted octanol–water partition coefficient (Wildman–Crippen LogP) is 4.33. The van der Waals surface area contributed by atoms with E-state index in [1.807, 2.05) is 0 Å². The number of aromatic nitrogens is 1. The molecule has 0 aliphatic heterocycles. The number of carbonyl (C=O) groups is 1. The van der Waals surface area contributed by atoms with E-state index >= 15 is 0 Å². The van der Waals surface area contributed by atoms with Crippen LogP contribution in [0.4, 0.5) is 5.13 Å². The Morgan fingerprint density at radius 1 is 1.32 bits per heavy atom. The molecule has 1 aliphatic rings. The maximum absolute atomic E-state index is 12.4. The number of anilines is 1. The predicted molar refractivity (Wildman–Crippen MR) is 89.3 cm³/mol. The second-order valence-corrected chi connectivity index (χ2v) is 6.77. The molecule has 0 radical (unpaired) electrons. The molecule has 116 valence electrons. The standard InChI is InChI=1S/C16H17ClN2O2S/c1-21-13-8-7-10(17)9-11(13)15(20)19-16-18-12-5-3-2-4-6-14(12)22-16/h7-9H,2-6H2,1H3,(H,18,19,20). The first-order chi connectivity index (χ1) is 10.7. The van der Waals surface area contributed by atoms with Crippen molar-refractivity contribution in [1.82, 2.24) is 4.98 Å². The molecule has 0 atom stereocenters. The van der Waals surface area contributed by atoms with Gasteiger partial charge in [0, 0.05) is 9.90 Å². The van der Waals surface area contributed by atoms with Crippen molar-refractivity contribution in [2.45, 2.75) is 32.1 Å². The minimum Gasteiger partial charge on any atom is -0.496 e. The summed E-state index contributed by atoms with van der Waals surface area (Å²) in [4.78, 5) is 18.3. The third-order valence-corrected chi connectivity index (χ3v) is 5.03. The van der Waals surface area contributed by atoms with E-state index < -0.39 is 0 Å². The van der Waals surface area contributed by atoms with E-state index in [0.717, 1.165) is 18.5 Å². The van der Waals surface area contributed by atoms with Crippen LogP contribution in [0, 0.1) is 0 Å². The van der Waals surface area contributed by atoms with Crippen LogP contribution in [-0.2, 0) is 12.8 Å². The van der Waals surface area contributed by atoms with Gasteiger partial charge < -0.3 is 4.74 Å². The molecule has 0 saturated heterocycles. The number of benzene rings is 1. The second kappa shape index (κ2) is 6.67. The van der Waals surface area contributed by atoms with Gasteiger partial charge in [0.15, 0.2) is 5.13 Å². The number of hydrogen-bond acceptors (Lipinski definition) is 4. The Labute approximate surface area is 138 Å². The summed E-state index contributed by atoms with van der Waals surface area (Å²) in [5.74, 6) is 0.253. The first-order valence-electron chi connectivity index (χ1n) is 7.31. The van der Waals surface area contributed by atoms with E-state index in [2.05, 4.69) is 10.3 Å². The molecule has 1 heterocycles. The van der Waals surface area contributed by atoms with Crippen molar-refractivity contribution in [2.24, 2.45) is 0 Å². The number of hydrogen-bond donors (Lipinski definition) is 1. The van der Waals surface area contributed by atoms with Crippen LogP contribution in [0.5, 0.6) is 5.75 Å². The number of halogens is 1. The number of thiazole rings is 1. The third kappa shape index (κ3) is 3.25. The summed E-state index contributed by atoms with van der Waals surface area (Å²) in [6.45, 7) is 0. The van der Waals surface area contributed by atoms with E-state index in [1.54, 1.807) is 29.5 Å². The fraction of sp³-hybridized carbons (Fsp3) is 0.375. The van der Waals surface area contributed by atoms with E-state index in [-0.39, 0.29) is 5.91 Å². The summed E-state index contributed by atoms with van der Waals surface area (Å²) < 4.78 is 5.22. The van der Waals surface area contributed by atoms with Crippen LogP contribution in [0.1, 0.15) is 40.2 Å². The number of carbonyl (C=O) groups excluding carboxylic acids is 1. The topological polar surface area (TPSA) is 51.2 Å². The summed E-state index contributed by atoms with van der Waals surface area (Å²) in [5.41, 5.74) is 1.55. The number of rotatable bonds is 3. The maximum atomic E-state index is 12.4. The minimum atomic E-state index is -0.247. The molecular formula is C16H17ClN2O2S. The Morgan fingerprint density at radius 3 is 2.95 bits per heavy atom. The summed E-state index contributed by atoms with van der Waals surface area (Å²) in [5, 5.41) is 4.02. The van der Waals surface area contributed by atoms with E-state index in [0.29, 0.717) is 21.5 Å². The molecule has 0 spiro atoms. The highest BCUT2D eigenvalue weighted by Gasteiger charge is 2.18. The van der Waals surface area contributed by atoms with Crippen LogP contribution in [0.25, 0.3) is 0 Å². The van der Waals surface area contributed by atoms with Crippen molar-refractivity contribution in [3.8, 4) is 5.75 Å². The molecule has 22 heavy (non-hydrogen) atoms. The molecular weight excluding hydrogens is 320 g/mol. The second-order valence-electron chi connectivity index (χ2n) is 5.25. The largest absolute Gasteiger partial charge is 0.496 e. The smallest absolute Gasteiger partial charge is 0.261 e. The third-order valence-electron chi connectivity index (χ3n) is 3.72. The molecule has 3 rings (SSSR count). The molecule has 0 saturated carbocycles. The van der Waals surface area contributed by atoms with Crippen molar-refractivity contribution in [2.75, 3.05) is 12.4 Å². The monoisotopic (exact) mass is 336 g/mol. The highest BCUT2D eigenvalue weighted by Crippen LogP contribution is 2.30. The van der Waals surface area contributed by atoms with Gasteiger partial charge in [0.25, 0.3) is 5.91 Å². The number of ether oxygens (including phenoxy) is 1. The van der Waals surface area contributed by atoms with E-state index in [1.165, 1.54) is 31.2 Å². The van der Waals surface area contributed by atoms with Crippen molar-refractivity contribution in [3.63, 3.8) is 0 Å². The molecule has 0 bridgehead atoms. The summed E-state index contributed by atoms with van der Waals surface area (Å²) in [6.07, 6.45) is 5.69. The number of aryl methyl sites for hydroxylation is 2. The first kappa shape index (κ1) is 15.3. The van der Waals surface area contributed by atoms with Crippen LogP contribution in [-0.4, -0.2) is 18.0 Å². The van der Waals surface area contributed by atoms with Crippen LogP contribution < -0.4 is 10.1 Å². The fourth-order valence-corrected chi connectivity index (χ4v) is 3.82. The molecule has 1 N–H and O–H groups in total. The van der Waals surface area contributed by atoms with Crippen molar-refractivity contribution < 1.29 is 9.53 Å². The van der Waals surface area contributed by atoms with Gasteiger partial charge in [-0.25, -0.2) is 4.98 Å². The highest BCUT2D eigenvalue weighted by molar-refractivity contribution is 7.15. The number of amides is 1. The van der Waals surface area contributed by atoms with Gasteiger partial charge in [0.1, 0.15) is 5.75 Å². The number of fused-ring (bicyclic) bond motifs is 1. The molecule has 2 aromatic rings. The van der Waals surface area contributed by atoms with Crippen LogP contribution in [0.3, 0.4) is 0 Å². The summed E-state index contributed by atoms with van der Waals surface area (Å²) in [6, 6.07) is 4.99. The van der Waals surface area contributed by atoms with Gasteiger partial charge in [-0.1, -0.05) is 18.0 Å². The number of methoxy groups -OCH3 is 1. The highest BCUT2D eigenvalue weighted by atomic mass is 35.5. The zero-order valence-electron chi connectivity index (χ0n) is 12.3. The van der Waals surface area contributed by atoms with Gasteiger partial charge in [0.05, 0.1) is 18.4 Å². The van der Waals surface area contributed by atoms with Crippen molar-refractivity contribution in [1.29, 1.82) is 0 Å².